The third-order valence-electron chi connectivity index (χ3n) is 4.62. The molecule has 30 heavy (non-hydrogen) atoms. The maximum atomic E-state index is 13.0. The van der Waals surface area contributed by atoms with Gasteiger partial charge >= 0.3 is 6.18 Å². The fourth-order valence-corrected chi connectivity index (χ4v) is 3.10. The summed E-state index contributed by atoms with van der Waals surface area (Å²) < 4.78 is 40.6. The lowest BCUT2D eigenvalue weighted by atomic mass is 10.0. The summed E-state index contributed by atoms with van der Waals surface area (Å²) in [7, 11) is 0. The van der Waals surface area contributed by atoms with Gasteiger partial charge in [0.1, 0.15) is 12.1 Å². The zero-order valence-electron chi connectivity index (χ0n) is 15.7. The Labute approximate surface area is 169 Å². The lowest BCUT2D eigenvalue weighted by Crippen LogP contribution is -2.11. The highest BCUT2D eigenvalue weighted by Crippen LogP contribution is 2.31. The molecule has 0 fully saturated rings. The van der Waals surface area contributed by atoms with Crippen LogP contribution in [0.1, 0.15) is 29.7 Å². The standard InChI is InChI=1S/C21H15F3N6/c1-13(15-3-2-4-16(8-15)21(22,23)24)28-19-10-26-11-20(29-19)30-12-27-17-7-14(9-25)5-6-18(17)30/h2-8,10-13H,1H3,(H,28,29). The molecule has 0 saturated carbocycles. The van der Waals surface area contributed by atoms with Gasteiger partial charge in [0.05, 0.1) is 46.7 Å². The van der Waals surface area contributed by atoms with Crippen molar-refractivity contribution in [3.8, 4) is 11.9 Å². The highest BCUT2D eigenvalue weighted by molar-refractivity contribution is 5.78. The summed E-state index contributed by atoms with van der Waals surface area (Å²) in [6.07, 6.45) is 0.235. The van der Waals surface area contributed by atoms with Gasteiger partial charge in [-0.2, -0.15) is 18.4 Å². The molecule has 1 atom stereocenters. The Morgan fingerprint density at radius 3 is 2.73 bits per heavy atom. The first-order chi connectivity index (χ1) is 14.3. The summed E-state index contributed by atoms with van der Waals surface area (Å²) in [5.74, 6) is 0.899. The van der Waals surface area contributed by atoms with Crippen molar-refractivity contribution in [3.05, 3.63) is 77.9 Å². The SMILES string of the molecule is CC(Nc1cncc(-n2cnc3cc(C#N)ccc32)n1)c1cccc(C(F)(F)F)c1. The number of nitriles is 1. The topological polar surface area (TPSA) is 79.4 Å². The predicted molar refractivity (Wildman–Crippen MR) is 105 cm³/mol. The van der Waals surface area contributed by atoms with Crippen LogP contribution in [0.25, 0.3) is 16.9 Å². The average molecular weight is 408 g/mol. The zero-order valence-corrected chi connectivity index (χ0v) is 15.7. The molecule has 0 spiro atoms. The highest BCUT2D eigenvalue weighted by Gasteiger charge is 2.30. The summed E-state index contributed by atoms with van der Waals surface area (Å²) in [5, 5.41) is 12.1. The molecule has 0 amide bonds. The Morgan fingerprint density at radius 1 is 1.13 bits per heavy atom. The minimum Gasteiger partial charge on any atom is -0.362 e. The Bertz CT molecular complexity index is 1260. The summed E-state index contributed by atoms with van der Waals surface area (Å²) >= 11 is 0. The van der Waals surface area contributed by atoms with Crippen molar-refractivity contribution in [3.63, 3.8) is 0 Å². The van der Waals surface area contributed by atoms with E-state index in [9.17, 15) is 13.2 Å². The molecule has 0 saturated heterocycles. The fourth-order valence-electron chi connectivity index (χ4n) is 3.10. The molecule has 9 heteroatoms. The molecule has 6 nitrogen and oxygen atoms in total. The van der Waals surface area contributed by atoms with Crippen LogP contribution in [0.15, 0.2) is 61.2 Å². The molecule has 2 heterocycles. The minimum atomic E-state index is -4.40. The monoisotopic (exact) mass is 408 g/mol. The Morgan fingerprint density at radius 2 is 1.97 bits per heavy atom. The molecule has 0 aliphatic rings. The average Bonchev–Trinajstić information content (AvgIpc) is 3.16. The number of anilines is 1. The molecule has 1 N–H and O–H groups in total. The van der Waals surface area contributed by atoms with E-state index in [2.05, 4.69) is 26.3 Å². The van der Waals surface area contributed by atoms with E-state index in [0.717, 1.165) is 17.6 Å². The predicted octanol–water partition coefficient (Wildman–Crippen LogP) is 4.88. The Kier molecular flexibility index (Phi) is 4.83. The van der Waals surface area contributed by atoms with Crippen LogP contribution < -0.4 is 5.32 Å². The van der Waals surface area contributed by atoms with E-state index >= 15 is 0 Å². The van der Waals surface area contributed by atoms with Gasteiger partial charge in [-0.05, 0) is 42.8 Å². The van der Waals surface area contributed by atoms with Gasteiger partial charge in [0.25, 0.3) is 0 Å². The second kappa shape index (κ2) is 7.48. The van der Waals surface area contributed by atoms with Gasteiger partial charge in [-0.15, -0.1) is 0 Å². The summed E-state index contributed by atoms with van der Waals surface area (Å²) in [5.41, 5.74) is 1.69. The fraction of sp³-hybridized carbons (Fsp3) is 0.143. The van der Waals surface area contributed by atoms with Crippen molar-refractivity contribution in [2.24, 2.45) is 0 Å². The van der Waals surface area contributed by atoms with E-state index in [0.29, 0.717) is 28.3 Å². The number of aromatic nitrogens is 4. The lowest BCUT2D eigenvalue weighted by Gasteiger charge is -2.17. The number of fused-ring (bicyclic) bond motifs is 1. The Hall–Kier alpha value is -3.93. The summed E-state index contributed by atoms with van der Waals surface area (Å²) in [4.78, 5) is 13.0. The first-order valence-electron chi connectivity index (χ1n) is 8.98. The molecule has 0 bridgehead atoms. The maximum absolute atomic E-state index is 13.0. The number of nitrogens with zero attached hydrogens (tertiary/aromatic N) is 5. The third kappa shape index (κ3) is 3.80. The normalized spacial score (nSPS) is 12.5. The smallest absolute Gasteiger partial charge is 0.362 e. The van der Waals surface area contributed by atoms with Crippen LogP contribution in [0.2, 0.25) is 0 Å². The van der Waals surface area contributed by atoms with E-state index in [-0.39, 0.29) is 0 Å². The maximum Gasteiger partial charge on any atom is 0.416 e. The van der Waals surface area contributed by atoms with Gasteiger partial charge in [0.15, 0.2) is 5.82 Å². The lowest BCUT2D eigenvalue weighted by molar-refractivity contribution is -0.137. The molecule has 150 valence electrons. The molecule has 4 aromatic rings. The van der Waals surface area contributed by atoms with Gasteiger partial charge in [0.2, 0.25) is 0 Å². The van der Waals surface area contributed by atoms with Crippen molar-refractivity contribution in [1.29, 1.82) is 5.26 Å². The molecule has 2 aromatic carbocycles. The quantitative estimate of drug-likeness (QED) is 0.521. The Balaban J connectivity index is 1.61. The minimum absolute atomic E-state index is 0.410. The first-order valence-corrected chi connectivity index (χ1v) is 8.98. The summed E-state index contributed by atoms with van der Waals surface area (Å²) in [6, 6.07) is 11.9. The van der Waals surface area contributed by atoms with Crippen LogP contribution in [-0.2, 0) is 6.18 Å². The number of nitrogens with one attached hydrogen (secondary N) is 1. The van der Waals surface area contributed by atoms with Crippen LogP contribution in [0.5, 0.6) is 0 Å². The van der Waals surface area contributed by atoms with Crippen molar-refractivity contribution in [2.45, 2.75) is 19.1 Å². The van der Waals surface area contributed by atoms with Crippen LogP contribution >= 0.6 is 0 Å². The number of imidazole rings is 1. The molecule has 0 radical (unpaired) electrons. The number of rotatable bonds is 4. The van der Waals surface area contributed by atoms with Gasteiger partial charge < -0.3 is 5.32 Å². The number of benzene rings is 2. The van der Waals surface area contributed by atoms with E-state index < -0.39 is 17.8 Å². The van der Waals surface area contributed by atoms with Gasteiger partial charge in [-0.1, -0.05) is 12.1 Å². The van der Waals surface area contributed by atoms with Crippen LogP contribution in [0.4, 0.5) is 19.0 Å². The first kappa shape index (κ1) is 19.4. The molecule has 0 aliphatic heterocycles. The number of hydrogen-bond acceptors (Lipinski definition) is 5. The molecular weight excluding hydrogens is 393 g/mol. The van der Waals surface area contributed by atoms with Crippen LogP contribution in [0, 0.1) is 11.3 Å². The highest BCUT2D eigenvalue weighted by atomic mass is 19.4. The second-order valence-electron chi connectivity index (χ2n) is 6.68. The zero-order chi connectivity index (χ0) is 21.3. The van der Waals surface area contributed by atoms with Crippen molar-refractivity contribution < 1.29 is 13.2 Å². The van der Waals surface area contributed by atoms with E-state index in [4.69, 9.17) is 5.26 Å². The van der Waals surface area contributed by atoms with E-state index in [1.54, 1.807) is 48.3 Å². The molecule has 4 rings (SSSR count). The molecular formula is C21H15F3N6. The van der Waals surface area contributed by atoms with E-state index in [1.165, 1.54) is 12.3 Å². The second-order valence-corrected chi connectivity index (χ2v) is 6.68. The number of hydrogen-bond donors (Lipinski definition) is 1. The van der Waals surface area contributed by atoms with Gasteiger partial charge in [0, 0.05) is 0 Å². The summed E-state index contributed by atoms with van der Waals surface area (Å²) in [6.45, 7) is 1.75. The van der Waals surface area contributed by atoms with E-state index in [1.807, 2.05) is 0 Å². The molecule has 2 aromatic heterocycles. The third-order valence-corrected chi connectivity index (χ3v) is 4.62. The van der Waals surface area contributed by atoms with Crippen molar-refractivity contribution in [2.75, 3.05) is 5.32 Å². The van der Waals surface area contributed by atoms with Gasteiger partial charge in [-0.25, -0.2) is 9.97 Å². The number of alkyl halides is 3. The van der Waals surface area contributed by atoms with Crippen LogP contribution in [0.3, 0.4) is 0 Å². The van der Waals surface area contributed by atoms with Gasteiger partial charge in [-0.3, -0.25) is 9.55 Å². The largest absolute Gasteiger partial charge is 0.416 e. The number of halogens is 3. The molecule has 1 unspecified atom stereocenters. The van der Waals surface area contributed by atoms with Crippen molar-refractivity contribution in [1.82, 2.24) is 19.5 Å². The van der Waals surface area contributed by atoms with Crippen molar-refractivity contribution >= 4 is 16.9 Å². The molecule has 0 aliphatic carbocycles. The van der Waals surface area contributed by atoms with Crippen LogP contribution in [-0.4, -0.2) is 19.5 Å².